The maximum Gasteiger partial charge on any atom is 0.416 e. The highest BCUT2D eigenvalue weighted by molar-refractivity contribution is 14.0. The monoisotopic (exact) mass is 555 g/mol. The van der Waals surface area contributed by atoms with Crippen molar-refractivity contribution in [3.8, 4) is 0 Å². The SMILES string of the molecule is CN=C(NCCCOCC1CCOC1)NCC1(c2cccc(C(F)(F)F)c2)CCC1.I. The minimum Gasteiger partial charge on any atom is -0.381 e. The zero-order valence-electron chi connectivity index (χ0n) is 18.0. The first kappa shape index (κ1) is 26.2. The van der Waals surface area contributed by atoms with Crippen molar-refractivity contribution in [3.05, 3.63) is 35.4 Å². The zero-order valence-corrected chi connectivity index (χ0v) is 20.3. The fourth-order valence-corrected chi connectivity index (χ4v) is 4.02. The second-order valence-electron chi connectivity index (χ2n) is 8.22. The van der Waals surface area contributed by atoms with Crippen molar-refractivity contribution in [2.24, 2.45) is 10.9 Å². The first-order chi connectivity index (χ1) is 14.4. The number of rotatable bonds is 9. The summed E-state index contributed by atoms with van der Waals surface area (Å²) < 4.78 is 50.3. The van der Waals surface area contributed by atoms with E-state index in [9.17, 15) is 13.2 Å². The molecule has 3 rings (SSSR count). The molecule has 0 amide bonds. The summed E-state index contributed by atoms with van der Waals surface area (Å²) in [4.78, 5) is 4.24. The summed E-state index contributed by atoms with van der Waals surface area (Å²) in [6.07, 6.45) is 0.371. The molecule has 2 fully saturated rings. The molecule has 1 saturated heterocycles. The Balaban J connectivity index is 0.00000341. The van der Waals surface area contributed by atoms with Crippen LogP contribution in [-0.4, -0.2) is 52.5 Å². The molecular weight excluding hydrogens is 522 g/mol. The van der Waals surface area contributed by atoms with Gasteiger partial charge in [0, 0.05) is 44.7 Å². The number of benzene rings is 1. The predicted octanol–water partition coefficient (Wildman–Crippen LogP) is 4.35. The van der Waals surface area contributed by atoms with Gasteiger partial charge in [-0.1, -0.05) is 24.6 Å². The molecule has 1 aromatic carbocycles. The van der Waals surface area contributed by atoms with E-state index in [-0.39, 0.29) is 29.4 Å². The van der Waals surface area contributed by atoms with E-state index in [0.29, 0.717) is 25.0 Å². The molecule has 1 unspecified atom stereocenters. The molecule has 1 aliphatic heterocycles. The summed E-state index contributed by atoms with van der Waals surface area (Å²) in [5, 5.41) is 6.56. The van der Waals surface area contributed by atoms with Crippen LogP contribution in [0, 0.1) is 5.92 Å². The van der Waals surface area contributed by atoms with Gasteiger partial charge in [0.25, 0.3) is 0 Å². The Morgan fingerprint density at radius 1 is 1.29 bits per heavy atom. The van der Waals surface area contributed by atoms with E-state index >= 15 is 0 Å². The van der Waals surface area contributed by atoms with E-state index in [1.165, 1.54) is 12.1 Å². The highest BCUT2D eigenvalue weighted by Crippen LogP contribution is 2.44. The lowest BCUT2D eigenvalue weighted by Crippen LogP contribution is -2.49. The molecule has 2 N–H and O–H groups in total. The molecule has 176 valence electrons. The lowest BCUT2D eigenvalue weighted by Gasteiger charge is -2.43. The number of aliphatic imine (C=N–C) groups is 1. The summed E-state index contributed by atoms with van der Waals surface area (Å²) >= 11 is 0. The molecule has 0 radical (unpaired) electrons. The van der Waals surface area contributed by atoms with E-state index in [2.05, 4.69) is 15.6 Å². The van der Waals surface area contributed by atoms with Crippen LogP contribution in [0.15, 0.2) is 29.3 Å². The van der Waals surface area contributed by atoms with Gasteiger partial charge < -0.3 is 20.1 Å². The number of hydrogen-bond donors (Lipinski definition) is 2. The first-order valence-corrected chi connectivity index (χ1v) is 10.7. The van der Waals surface area contributed by atoms with Gasteiger partial charge in [0.2, 0.25) is 0 Å². The van der Waals surface area contributed by atoms with Crippen molar-refractivity contribution in [2.45, 2.75) is 43.7 Å². The van der Waals surface area contributed by atoms with Crippen molar-refractivity contribution in [1.82, 2.24) is 10.6 Å². The number of halogens is 4. The summed E-state index contributed by atoms with van der Waals surface area (Å²) in [5.74, 6) is 1.18. The summed E-state index contributed by atoms with van der Waals surface area (Å²) in [6.45, 7) is 4.33. The Labute approximate surface area is 199 Å². The quantitative estimate of drug-likeness (QED) is 0.206. The van der Waals surface area contributed by atoms with Crippen LogP contribution in [-0.2, 0) is 21.1 Å². The third kappa shape index (κ3) is 7.49. The molecule has 31 heavy (non-hydrogen) atoms. The van der Waals surface area contributed by atoms with Crippen LogP contribution in [0.1, 0.15) is 43.2 Å². The predicted molar refractivity (Wildman–Crippen MR) is 126 cm³/mol. The van der Waals surface area contributed by atoms with Crippen LogP contribution in [0.5, 0.6) is 0 Å². The average molecular weight is 555 g/mol. The topological polar surface area (TPSA) is 54.9 Å². The van der Waals surface area contributed by atoms with Gasteiger partial charge in [0.15, 0.2) is 5.96 Å². The third-order valence-corrected chi connectivity index (χ3v) is 6.07. The molecule has 1 heterocycles. The Kier molecular flexibility index (Phi) is 10.3. The standard InChI is InChI=1S/C22H32F3N3O2.HI/c1-26-20(27-10-4-11-29-14-17-7-12-30-15-17)28-16-21(8-3-9-21)18-5-2-6-19(13-18)22(23,24)25;/h2,5-6,13,17H,3-4,7-12,14-16H2,1H3,(H2,26,27,28);1H. The number of ether oxygens (including phenoxy) is 2. The van der Waals surface area contributed by atoms with E-state index in [1.54, 1.807) is 13.1 Å². The van der Waals surface area contributed by atoms with Crippen LogP contribution in [0.2, 0.25) is 0 Å². The Morgan fingerprint density at radius 2 is 2.10 bits per heavy atom. The highest BCUT2D eigenvalue weighted by Gasteiger charge is 2.40. The van der Waals surface area contributed by atoms with Gasteiger partial charge in [-0.05, 0) is 37.3 Å². The van der Waals surface area contributed by atoms with Gasteiger partial charge in [0.1, 0.15) is 0 Å². The van der Waals surface area contributed by atoms with E-state index in [4.69, 9.17) is 9.47 Å². The lowest BCUT2D eigenvalue weighted by molar-refractivity contribution is -0.137. The smallest absolute Gasteiger partial charge is 0.381 e. The zero-order chi connectivity index (χ0) is 21.5. The molecule has 0 aromatic heterocycles. The highest BCUT2D eigenvalue weighted by atomic mass is 127. The summed E-state index contributed by atoms with van der Waals surface area (Å²) in [5.41, 5.74) is -0.112. The molecule has 1 aromatic rings. The molecule has 0 bridgehead atoms. The van der Waals surface area contributed by atoms with Crippen molar-refractivity contribution >= 4 is 29.9 Å². The minimum atomic E-state index is -4.32. The third-order valence-electron chi connectivity index (χ3n) is 6.07. The normalized spacial score (nSPS) is 20.6. The van der Waals surface area contributed by atoms with Crippen molar-refractivity contribution < 1.29 is 22.6 Å². The largest absolute Gasteiger partial charge is 0.416 e. The number of nitrogens with zero attached hydrogens (tertiary/aromatic N) is 1. The first-order valence-electron chi connectivity index (χ1n) is 10.7. The Bertz CT molecular complexity index is 705. The minimum absolute atomic E-state index is 0. The van der Waals surface area contributed by atoms with Gasteiger partial charge in [-0.2, -0.15) is 13.2 Å². The molecule has 1 atom stereocenters. The fourth-order valence-electron chi connectivity index (χ4n) is 4.02. The number of alkyl halides is 3. The summed E-state index contributed by atoms with van der Waals surface area (Å²) in [6, 6.07) is 5.73. The molecule has 9 heteroatoms. The van der Waals surface area contributed by atoms with Crippen LogP contribution in [0.4, 0.5) is 13.2 Å². The lowest BCUT2D eigenvalue weighted by atomic mass is 9.64. The van der Waals surface area contributed by atoms with Crippen LogP contribution in [0.3, 0.4) is 0 Å². The van der Waals surface area contributed by atoms with Gasteiger partial charge in [-0.25, -0.2) is 0 Å². The molecule has 5 nitrogen and oxygen atoms in total. The van der Waals surface area contributed by atoms with E-state index < -0.39 is 11.7 Å². The number of guanidine groups is 1. The van der Waals surface area contributed by atoms with E-state index in [1.807, 2.05) is 0 Å². The van der Waals surface area contributed by atoms with Gasteiger partial charge in [0.05, 0.1) is 18.8 Å². The van der Waals surface area contributed by atoms with Crippen LogP contribution < -0.4 is 10.6 Å². The van der Waals surface area contributed by atoms with Crippen LogP contribution in [0.25, 0.3) is 0 Å². The maximum absolute atomic E-state index is 13.1. The number of nitrogens with one attached hydrogen (secondary N) is 2. The summed E-state index contributed by atoms with van der Waals surface area (Å²) in [7, 11) is 1.70. The second-order valence-corrected chi connectivity index (χ2v) is 8.22. The van der Waals surface area contributed by atoms with Crippen LogP contribution >= 0.6 is 24.0 Å². The molecule has 1 aliphatic carbocycles. The van der Waals surface area contributed by atoms with Crippen molar-refractivity contribution in [3.63, 3.8) is 0 Å². The second kappa shape index (κ2) is 12.2. The molecule has 2 aliphatic rings. The average Bonchev–Trinajstić information content (AvgIpc) is 3.21. The van der Waals surface area contributed by atoms with E-state index in [0.717, 1.165) is 70.1 Å². The molecule has 0 spiro atoms. The van der Waals surface area contributed by atoms with Gasteiger partial charge in [-0.3, -0.25) is 4.99 Å². The molecule has 1 saturated carbocycles. The molecular formula is C22H33F3IN3O2. The van der Waals surface area contributed by atoms with Crippen molar-refractivity contribution in [2.75, 3.05) is 46.6 Å². The fraction of sp³-hybridized carbons (Fsp3) is 0.682. The number of hydrogen-bond acceptors (Lipinski definition) is 3. The Morgan fingerprint density at radius 3 is 2.71 bits per heavy atom. The van der Waals surface area contributed by atoms with Crippen molar-refractivity contribution in [1.29, 1.82) is 0 Å². The van der Waals surface area contributed by atoms with Gasteiger partial charge in [-0.15, -0.1) is 24.0 Å². The Hall–Kier alpha value is -1.07. The van der Waals surface area contributed by atoms with Gasteiger partial charge >= 0.3 is 6.18 Å². The maximum atomic E-state index is 13.1.